The predicted molar refractivity (Wildman–Crippen MR) is 80.3 cm³/mol. The van der Waals surface area contributed by atoms with E-state index in [1.807, 2.05) is 11.7 Å². The number of nitrogens with zero attached hydrogens (tertiary/aromatic N) is 2. The van der Waals surface area contributed by atoms with Crippen LogP contribution in [0.25, 0.3) is 0 Å². The van der Waals surface area contributed by atoms with Gasteiger partial charge in [-0.05, 0) is 23.2 Å². The van der Waals surface area contributed by atoms with Crippen molar-refractivity contribution in [1.82, 2.24) is 9.78 Å². The molecule has 0 aliphatic heterocycles. The number of halogens is 1. The minimum absolute atomic E-state index is 0.141. The van der Waals surface area contributed by atoms with E-state index in [-0.39, 0.29) is 6.04 Å². The lowest BCUT2D eigenvalue weighted by atomic mass is 10.0. The van der Waals surface area contributed by atoms with Crippen molar-refractivity contribution in [3.8, 4) is 0 Å². The summed E-state index contributed by atoms with van der Waals surface area (Å²) in [6.07, 6.45) is 1.67. The van der Waals surface area contributed by atoms with E-state index in [2.05, 4.69) is 39.7 Å². The quantitative estimate of drug-likeness (QED) is 0.922. The summed E-state index contributed by atoms with van der Waals surface area (Å²) in [5, 5.41) is 5.27. The van der Waals surface area contributed by atoms with Crippen molar-refractivity contribution >= 4 is 11.6 Å². The van der Waals surface area contributed by atoms with Crippen LogP contribution in [0.3, 0.4) is 0 Å². The molecule has 3 nitrogen and oxygen atoms in total. The molecule has 1 unspecified atom stereocenters. The van der Waals surface area contributed by atoms with Gasteiger partial charge < -0.3 is 5.73 Å². The highest BCUT2D eigenvalue weighted by Crippen LogP contribution is 2.69. The maximum absolute atomic E-state index is 6.45. The average molecular weight is 284 g/mol. The largest absolute Gasteiger partial charge is 0.327 e. The van der Waals surface area contributed by atoms with E-state index >= 15 is 0 Å². The van der Waals surface area contributed by atoms with E-state index in [0.717, 1.165) is 29.3 Å². The number of aromatic nitrogens is 2. The Morgan fingerprint density at radius 3 is 2.21 bits per heavy atom. The molecule has 0 bridgehead atoms. The van der Waals surface area contributed by atoms with Crippen molar-refractivity contribution in [2.45, 2.75) is 53.5 Å². The summed E-state index contributed by atoms with van der Waals surface area (Å²) < 4.78 is 1.89. The Kier molecular flexibility index (Phi) is 3.51. The van der Waals surface area contributed by atoms with E-state index in [1.165, 1.54) is 0 Å². The molecule has 2 N–H and O–H groups in total. The van der Waals surface area contributed by atoms with Gasteiger partial charge in [0, 0.05) is 19.5 Å². The van der Waals surface area contributed by atoms with Crippen molar-refractivity contribution in [3.63, 3.8) is 0 Å². The standard InChI is InChI=1S/C15H26ClN3/c1-7-10-12(16)11(19(6)18-10)8-9(17)13-14(2,3)15(13,4)5/h9,13H,7-8,17H2,1-6H3. The first-order valence-corrected chi connectivity index (χ1v) is 7.48. The maximum atomic E-state index is 6.45. The van der Waals surface area contributed by atoms with Crippen LogP contribution >= 0.6 is 11.6 Å². The van der Waals surface area contributed by atoms with Gasteiger partial charge in [-0.3, -0.25) is 4.68 Å². The Balaban J connectivity index is 2.17. The third-order valence-corrected chi connectivity index (χ3v) is 5.93. The summed E-state index contributed by atoms with van der Waals surface area (Å²) in [5.74, 6) is 0.538. The molecule has 1 fully saturated rings. The van der Waals surface area contributed by atoms with E-state index in [9.17, 15) is 0 Å². The lowest BCUT2D eigenvalue weighted by Gasteiger charge is -2.14. The van der Waals surface area contributed by atoms with Crippen LogP contribution in [0.4, 0.5) is 0 Å². The molecule has 1 atom stereocenters. The molecule has 1 aromatic heterocycles. The van der Waals surface area contributed by atoms with E-state index in [0.29, 0.717) is 16.7 Å². The van der Waals surface area contributed by atoms with Crippen LogP contribution in [0.2, 0.25) is 5.02 Å². The third-order valence-electron chi connectivity index (χ3n) is 5.49. The first-order valence-electron chi connectivity index (χ1n) is 7.10. The summed E-state index contributed by atoms with van der Waals surface area (Å²) in [4.78, 5) is 0. The Labute approximate surface area is 121 Å². The smallest absolute Gasteiger partial charge is 0.0850 e. The van der Waals surface area contributed by atoms with Gasteiger partial charge in [0.15, 0.2) is 0 Å². The molecule has 2 rings (SSSR count). The Morgan fingerprint density at radius 1 is 1.32 bits per heavy atom. The van der Waals surface area contributed by atoms with Crippen LogP contribution < -0.4 is 5.73 Å². The molecule has 0 saturated heterocycles. The van der Waals surface area contributed by atoms with E-state index < -0.39 is 0 Å². The summed E-state index contributed by atoms with van der Waals surface area (Å²) in [6.45, 7) is 11.3. The SMILES string of the molecule is CCc1nn(C)c(CC(N)C2C(C)(C)C2(C)C)c1Cl. The highest BCUT2D eigenvalue weighted by molar-refractivity contribution is 6.31. The summed E-state index contributed by atoms with van der Waals surface area (Å²) in [7, 11) is 1.95. The average Bonchev–Trinajstić information content (AvgIpc) is 2.56. The molecular weight excluding hydrogens is 258 g/mol. The molecule has 0 aromatic carbocycles. The maximum Gasteiger partial charge on any atom is 0.0850 e. The molecule has 1 saturated carbocycles. The number of hydrogen-bond donors (Lipinski definition) is 1. The zero-order valence-electron chi connectivity index (χ0n) is 12.9. The van der Waals surface area contributed by atoms with Crippen LogP contribution in [0.1, 0.15) is 46.0 Å². The van der Waals surface area contributed by atoms with Gasteiger partial charge >= 0.3 is 0 Å². The second-order valence-electron chi connectivity index (χ2n) is 6.97. The fourth-order valence-corrected chi connectivity index (χ4v) is 4.07. The second kappa shape index (κ2) is 4.49. The lowest BCUT2D eigenvalue weighted by molar-refractivity contribution is 0.457. The Bertz CT molecular complexity index is 474. The van der Waals surface area contributed by atoms with Gasteiger partial charge in [0.25, 0.3) is 0 Å². The Morgan fingerprint density at radius 2 is 1.84 bits per heavy atom. The van der Waals surface area contributed by atoms with Gasteiger partial charge in [0.1, 0.15) is 0 Å². The normalized spacial score (nSPS) is 22.5. The first kappa shape index (κ1) is 14.9. The monoisotopic (exact) mass is 283 g/mol. The van der Waals surface area contributed by atoms with Crippen molar-refractivity contribution in [3.05, 3.63) is 16.4 Å². The highest BCUT2D eigenvalue weighted by Gasteiger charge is 2.66. The summed E-state index contributed by atoms with van der Waals surface area (Å²) in [6, 6.07) is 0.141. The van der Waals surface area contributed by atoms with Crippen molar-refractivity contribution in [1.29, 1.82) is 0 Å². The van der Waals surface area contributed by atoms with Crippen LogP contribution in [0.15, 0.2) is 0 Å². The molecule has 0 radical (unpaired) electrons. The molecular formula is C15H26ClN3. The van der Waals surface area contributed by atoms with Crippen molar-refractivity contribution in [2.24, 2.45) is 29.5 Å². The van der Waals surface area contributed by atoms with Crippen molar-refractivity contribution in [2.75, 3.05) is 0 Å². The summed E-state index contributed by atoms with van der Waals surface area (Å²) in [5.41, 5.74) is 9.12. The molecule has 1 heterocycles. The number of hydrogen-bond acceptors (Lipinski definition) is 2. The molecule has 4 heteroatoms. The lowest BCUT2D eigenvalue weighted by Crippen LogP contribution is -2.29. The number of rotatable bonds is 4. The van der Waals surface area contributed by atoms with Gasteiger partial charge in [0.2, 0.25) is 0 Å². The van der Waals surface area contributed by atoms with Crippen LogP contribution in [0.5, 0.6) is 0 Å². The molecule has 19 heavy (non-hydrogen) atoms. The highest BCUT2D eigenvalue weighted by atomic mass is 35.5. The van der Waals surface area contributed by atoms with Crippen LogP contribution in [-0.2, 0) is 19.9 Å². The zero-order valence-corrected chi connectivity index (χ0v) is 13.7. The number of aryl methyl sites for hydroxylation is 2. The molecule has 1 aromatic rings. The van der Waals surface area contributed by atoms with E-state index in [1.54, 1.807) is 0 Å². The molecule has 0 amide bonds. The zero-order chi connectivity index (χ0) is 14.6. The minimum Gasteiger partial charge on any atom is -0.327 e. The predicted octanol–water partition coefficient (Wildman–Crippen LogP) is 3.19. The van der Waals surface area contributed by atoms with Gasteiger partial charge in [-0.25, -0.2) is 0 Å². The fourth-order valence-electron chi connectivity index (χ4n) is 3.70. The topological polar surface area (TPSA) is 43.8 Å². The van der Waals surface area contributed by atoms with Gasteiger partial charge in [-0.15, -0.1) is 0 Å². The van der Waals surface area contributed by atoms with Gasteiger partial charge in [-0.2, -0.15) is 5.10 Å². The Hall–Kier alpha value is -0.540. The van der Waals surface area contributed by atoms with Gasteiger partial charge in [0.05, 0.1) is 16.4 Å². The van der Waals surface area contributed by atoms with Crippen molar-refractivity contribution < 1.29 is 0 Å². The first-order chi connectivity index (χ1) is 8.64. The summed E-state index contributed by atoms with van der Waals surface area (Å²) >= 11 is 6.40. The molecule has 1 aliphatic carbocycles. The van der Waals surface area contributed by atoms with Crippen LogP contribution in [-0.4, -0.2) is 15.8 Å². The van der Waals surface area contributed by atoms with E-state index in [4.69, 9.17) is 17.3 Å². The molecule has 0 spiro atoms. The molecule has 1 aliphatic rings. The second-order valence-corrected chi connectivity index (χ2v) is 7.35. The van der Waals surface area contributed by atoms with Gasteiger partial charge in [-0.1, -0.05) is 46.2 Å². The number of nitrogens with two attached hydrogens (primary N) is 1. The van der Waals surface area contributed by atoms with Crippen LogP contribution in [0, 0.1) is 16.7 Å². The molecule has 108 valence electrons. The fraction of sp³-hybridized carbons (Fsp3) is 0.800. The third kappa shape index (κ3) is 2.11. The minimum atomic E-state index is 0.141.